The molecule has 0 unspecified atom stereocenters. The third-order valence-electron chi connectivity index (χ3n) is 2.74. The van der Waals surface area contributed by atoms with Crippen LogP contribution in [0, 0.1) is 0 Å². The van der Waals surface area contributed by atoms with E-state index in [0.717, 1.165) is 25.5 Å². The van der Waals surface area contributed by atoms with Gasteiger partial charge in [0.25, 0.3) is 0 Å². The van der Waals surface area contributed by atoms with Crippen molar-refractivity contribution in [1.82, 2.24) is 15.3 Å². The molecule has 0 bridgehead atoms. The number of aromatic amines is 1. The Hall–Kier alpha value is -1.65. The van der Waals surface area contributed by atoms with Gasteiger partial charge in [0.2, 0.25) is 0 Å². The van der Waals surface area contributed by atoms with Crippen LogP contribution < -0.4 is 5.32 Å². The molecule has 2 aromatic rings. The largest absolute Gasteiger partial charge is 0.377 e. The second-order valence-corrected chi connectivity index (χ2v) is 4.05. The Bertz CT molecular complexity index is 454. The SMILES string of the molecule is CCOCc1ccccc1CNCc1ncc[nH]1. The van der Waals surface area contributed by atoms with Crippen molar-refractivity contribution >= 4 is 0 Å². The maximum absolute atomic E-state index is 5.47. The minimum atomic E-state index is 0.676. The lowest BCUT2D eigenvalue weighted by Crippen LogP contribution is -2.15. The molecule has 1 aromatic heterocycles. The summed E-state index contributed by atoms with van der Waals surface area (Å²) in [4.78, 5) is 7.25. The zero-order valence-electron chi connectivity index (χ0n) is 10.6. The molecule has 4 nitrogen and oxygen atoms in total. The van der Waals surface area contributed by atoms with Gasteiger partial charge >= 0.3 is 0 Å². The van der Waals surface area contributed by atoms with Crippen molar-refractivity contribution in [3.05, 3.63) is 53.6 Å². The highest BCUT2D eigenvalue weighted by molar-refractivity contribution is 5.26. The average Bonchev–Trinajstić information content (AvgIpc) is 2.91. The zero-order valence-corrected chi connectivity index (χ0v) is 10.6. The van der Waals surface area contributed by atoms with Crippen molar-refractivity contribution in [3.63, 3.8) is 0 Å². The Morgan fingerprint density at radius 1 is 1.22 bits per heavy atom. The summed E-state index contributed by atoms with van der Waals surface area (Å²) in [5, 5.41) is 3.37. The Kier molecular flexibility index (Phi) is 4.93. The number of aromatic nitrogens is 2. The Labute approximate surface area is 107 Å². The molecule has 18 heavy (non-hydrogen) atoms. The molecule has 0 spiro atoms. The quantitative estimate of drug-likeness (QED) is 0.786. The summed E-state index contributed by atoms with van der Waals surface area (Å²) < 4.78 is 5.47. The van der Waals surface area contributed by atoms with Crippen LogP contribution in [0.25, 0.3) is 0 Å². The van der Waals surface area contributed by atoms with E-state index in [1.54, 1.807) is 6.20 Å². The van der Waals surface area contributed by atoms with Gasteiger partial charge in [-0.15, -0.1) is 0 Å². The number of hydrogen-bond donors (Lipinski definition) is 2. The summed E-state index contributed by atoms with van der Waals surface area (Å²) in [6.45, 7) is 5.00. The fourth-order valence-corrected chi connectivity index (χ4v) is 1.79. The van der Waals surface area contributed by atoms with Gasteiger partial charge in [-0.2, -0.15) is 0 Å². The lowest BCUT2D eigenvalue weighted by Gasteiger charge is -2.10. The summed E-state index contributed by atoms with van der Waals surface area (Å²) >= 11 is 0. The lowest BCUT2D eigenvalue weighted by atomic mass is 10.1. The molecule has 0 aliphatic rings. The van der Waals surface area contributed by atoms with Gasteiger partial charge in [0.1, 0.15) is 5.82 Å². The van der Waals surface area contributed by atoms with Crippen LogP contribution in [0.15, 0.2) is 36.7 Å². The van der Waals surface area contributed by atoms with Gasteiger partial charge in [-0.1, -0.05) is 24.3 Å². The van der Waals surface area contributed by atoms with Crippen molar-refractivity contribution in [2.75, 3.05) is 6.61 Å². The fourth-order valence-electron chi connectivity index (χ4n) is 1.79. The third-order valence-corrected chi connectivity index (χ3v) is 2.74. The second kappa shape index (κ2) is 6.93. The van der Waals surface area contributed by atoms with Crippen molar-refractivity contribution < 1.29 is 4.74 Å². The third kappa shape index (κ3) is 3.68. The van der Waals surface area contributed by atoms with Gasteiger partial charge in [0, 0.05) is 25.5 Å². The van der Waals surface area contributed by atoms with E-state index in [4.69, 9.17) is 4.74 Å². The number of imidazole rings is 1. The lowest BCUT2D eigenvalue weighted by molar-refractivity contribution is 0.133. The normalized spacial score (nSPS) is 10.7. The molecule has 96 valence electrons. The first-order chi connectivity index (χ1) is 8.90. The number of nitrogens with zero attached hydrogens (tertiary/aromatic N) is 1. The van der Waals surface area contributed by atoms with E-state index < -0.39 is 0 Å². The van der Waals surface area contributed by atoms with Gasteiger partial charge in [0.15, 0.2) is 0 Å². The highest BCUT2D eigenvalue weighted by Gasteiger charge is 2.01. The number of rotatable bonds is 7. The van der Waals surface area contributed by atoms with Gasteiger partial charge in [-0.3, -0.25) is 0 Å². The molecule has 0 radical (unpaired) electrons. The molecule has 4 heteroatoms. The molecule has 1 aromatic carbocycles. The van der Waals surface area contributed by atoms with Gasteiger partial charge in [-0.25, -0.2) is 4.98 Å². The van der Waals surface area contributed by atoms with E-state index >= 15 is 0 Å². The van der Waals surface area contributed by atoms with E-state index in [0.29, 0.717) is 6.61 Å². The summed E-state index contributed by atoms with van der Waals surface area (Å²) in [5.41, 5.74) is 2.52. The smallest absolute Gasteiger partial charge is 0.120 e. The maximum atomic E-state index is 5.47. The van der Waals surface area contributed by atoms with E-state index in [2.05, 4.69) is 33.5 Å². The molecular formula is C14H19N3O. The van der Waals surface area contributed by atoms with Crippen molar-refractivity contribution in [2.45, 2.75) is 26.6 Å². The van der Waals surface area contributed by atoms with E-state index in [-0.39, 0.29) is 0 Å². The molecule has 0 aliphatic carbocycles. The highest BCUT2D eigenvalue weighted by atomic mass is 16.5. The van der Waals surface area contributed by atoms with Crippen LogP contribution in [-0.4, -0.2) is 16.6 Å². The summed E-state index contributed by atoms with van der Waals surface area (Å²) in [6, 6.07) is 8.34. The van der Waals surface area contributed by atoms with Gasteiger partial charge in [0.05, 0.1) is 13.2 Å². The number of nitrogens with one attached hydrogen (secondary N) is 2. The van der Waals surface area contributed by atoms with Crippen molar-refractivity contribution in [3.8, 4) is 0 Å². The van der Waals surface area contributed by atoms with Crippen LogP contribution >= 0.6 is 0 Å². The van der Waals surface area contributed by atoms with E-state index in [1.165, 1.54) is 11.1 Å². The Morgan fingerprint density at radius 2 is 2.06 bits per heavy atom. The standard InChI is InChI=1S/C14H19N3O/c1-2-18-11-13-6-4-3-5-12(13)9-15-10-14-16-7-8-17-14/h3-8,15H,2,9-11H2,1H3,(H,16,17). The van der Waals surface area contributed by atoms with Crippen LogP contribution in [0.1, 0.15) is 23.9 Å². The van der Waals surface area contributed by atoms with E-state index in [1.807, 2.05) is 19.2 Å². The first-order valence-corrected chi connectivity index (χ1v) is 6.23. The Morgan fingerprint density at radius 3 is 2.78 bits per heavy atom. The number of hydrogen-bond acceptors (Lipinski definition) is 3. The van der Waals surface area contributed by atoms with Crippen LogP contribution in [0.2, 0.25) is 0 Å². The number of H-pyrrole nitrogens is 1. The number of ether oxygens (including phenoxy) is 1. The topological polar surface area (TPSA) is 49.9 Å². The molecular weight excluding hydrogens is 226 g/mol. The molecule has 1 heterocycles. The molecule has 0 amide bonds. The minimum absolute atomic E-state index is 0.676. The molecule has 0 saturated carbocycles. The summed E-state index contributed by atoms with van der Waals surface area (Å²) in [6.07, 6.45) is 3.60. The van der Waals surface area contributed by atoms with Crippen LogP contribution in [0.3, 0.4) is 0 Å². The van der Waals surface area contributed by atoms with E-state index in [9.17, 15) is 0 Å². The predicted molar refractivity (Wildman–Crippen MR) is 70.9 cm³/mol. The molecule has 2 rings (SSSR count). The van der Waals surface area contributed by atoms with Gasteiger partial charge in [-0.05, 0) is 18.1 Å². The molecule has 0 aliphatic heterocycles. The van der Waals surface area contributed by atoms with Crippen LogP contribution in [0.5, 0.6) is 0 Å². The second-order valence-electron chi connectivity index (χ2n) is 4.05. The highest BCUT2D eigenvalue weighted by Crippen LogP contribution is 2.10. The predicted octanol–water partition coefficient (Wildman–Crippen LogP) is 2.24. The first kappa shape index (κ1) is 12.8. The van der Waals surface area contributed by atoms with Crippen LogP contribution in [-0.2, 0) is 24.4 Å². The van der Waals surface area contributed by atoms with Crippen molar-refractivity contribution in [2.24, 2.45) is 0 Å². The van der Waals surface area contributed by atoms with Crippen molar-refractivity contribution in [1.29, 1.82) is 0 Å². The zero-order chi connectivity index (χ0) is 12.6. The molecule has 0 atom stereocenters. The minimum Gasteiger partial charge on any atom is -0.377 e. The summed E-state index contributed by atoms with van der Waals surface area (Å²) in [7, 11) is 0. The fraction of sp³-hybridized carbons (Fsp3) is 0.357. The molecule has 0 fully saturated rings. The Balaban J connectivity index is 1.87. The molecule has 2 N–H and O–H groups in total. The van der Waals surface area contributed by atoms with Gasteiger partial charge < -0.3 is 15.0 Å². The summed E-state index contributed by atoms with van der Waals surface area (Å²) in [5.74, 6) is 0.956. The maximum Gasteiger partial charge on any atom is 0.120 e. The van der Waals surface area contributed by atoms with Crippen LogP contribution in [0.4, 0.5) is 0 Å². The number of benzene rings is 1. The molecule has 0 saturated heterocycles. The average molecular weight is 245 g/mol. The first-order valence-electron chi connectivity index (χ1n) is 6.23. The monoisotopic (exact) mass is 245 g/mol.